The third-order valence-corrected chi connectivity index (χ3v) is 2.46. The highest BCUT2D eigenvalue weighted by atomic mass is 16.3. The van der Waals surface area contributed by atoms with Crippen molar-refractivity contribution in [2.75, 3.05) is 11.1 Å². The smallest absolute Gasteiger partial charge is 0.126 e. The summed E-state index contributed by atoms with van der Waals surface area (Å²) < 4.78 is 5.31. The Morgan fingerprint density at radius 2 is 2.19 bits per heavy atom. The highest BCUT2D eigenvalue weighted by Gasteiger charge is 2.08. The highest BCUT2D eigenvalue weighted by Crippen LogP contribution is 2.19. The van der Waals surface area contributed by atoms with Gasteiger partial charge in [0.1, 0.15) is 11.6 Å². The molecule has 2 rings (SSSR count). The van der Waals surface area contributed by atoms with Crippen molar-refractivity contribution in [1.29, 1.82) is 0 Å². The predicted octanol–water partition coefficient (Wildman–Crippen LogP) is 2.74. The van der Waals surface area contributed by atoms with Crippen LogP contribution in [0.3, 0.4) is 0 Å². The number of nitrogens with two attached hydrogens (primary N) is 1. The van der Waals surface area contributed by atoms with Crippen molar-refractivity contribution in [2.24, 2.45) is 0 Å². The Bertz CT molecular complexity index is 465. The second-order valence-electron chi connectivity index (χ2n) is 3.75. The highest BCUT2D eigenvalue weighted by molar-refractivity contribution is 5.49. The minimum Gasteiger partial charge on any atom is -0.467 e. The maximum Gasteiger partial charge on any atom is 0.126 e. The second kappa shape index (κ2) is 4.26. The van der Waals surface area contributed by atoms with Crippen LogP contribution in [0.2, 0.25) is 0 Å². The fraction of sp³-hybridized carbons (Fsp3) is 0.250. The van der Waals surface area contributed by atoms with Gasteiger partial charge in [0.2, 0.25) is 0 Å². The molecule has 2 aromatic heterocycles. The van der Waals surface area contributed by atoms with Gasteiger partial charge in [-0.2, -0.15) is 0 Å². The number of nitrogens with zero attached hydrogens (tertiary/aromatic N) is 1. The van der Waals surface area contributed by atoms with Gasteiger partial charge in [-0.3, -0.25) is 0 Å². The van der Waals surface area contributed by atoms with Gasteiger partial charge in [-0.15, -0.1) is 0 Å². The summed E-state index contributed by atoms with van der Waals surface area (Å²) in [6.07, 6.45) is 1.66. The van der Waals surface area contributed by atoms with Gasteiger partial charge in [-0.1, -0.05) is 0 Å². The number of aromatic nitrogens is 1. The summed E-state index contributed by atoms with van der Waals surface area (Å²) >= 11 is 0. The van der Waals surface area contributed by atoms with E-state index in [4.69, 9.17) is 10.2 Å². The molecule has 0 amide bonds. The molecule has 0 bridgehead atoms. The number of pyridine rings is 1. The van der Waals surface area contributed by atoms with Gasteiger partial charge >= 0.3 is 0 Å². The number of anilines is 2. The molecule has 0 aliphatic carbocycles. The lowest BCUT2D eigenvalue weighted by Gasteiger charge is -2.12. The number of furan rings is 1. The molecule has 0 saturated heterocycles. The fourth-order valence-corrected chi connectivity index (χ4v) is 1.48. The van der Waals surface area contributed by atoms with Gasteiger partial charge in [-0.05, 0) is 38.1 Å². The summed E-state index contributed by atoms with van der Waals surface area (Å²) in [6, 6.07) is 7.60. The zero-order chi connectivity index (χ0) is 11.5. The van der Waals surface area contributed by atoms with Gasteiger partial charge < -0.3 is 15.5 Å². The Kier molecular flexibility index (Phi) is 2.81. The zero-order valence-electron chi connectivity index (χ0n) is 9.40. The van der Waals surface area contributed by atoms with Crippen molar-refractivity contribution < 1.29 is 4.42 Å². The van der Waals surface area contributed by atoms with Crippen LogP contribution in [0.4, 0.5) is 11.5 Å². The first kappa shape index (κ1) is 10.5. The SMILES string of the molecule is Cc1nc(NC(C)c2ccco2)ccc1N. The molecular weight excluding hydrogens is 202 g/mol. The molecule has 0 spiro atoms. The Morgan fingerprint density at radius 1 is 1.38 bits per heavy atom. The Balaban J connectivity index is 2.12. The van der Waals surface area contributed by atoms with Crippen molar-refractivity contribution in [3.63, 3.8) is 0 Å². The van der Waals surface area contributed by atoms with E-state index in [1.54, 1.807) is 6.26 Å². The molecule has 2 aromatic rings. The molecule has 4 heteroatoms. The molecule has 4 nitrogen and oxygen atoms in total. The lowest BCUT2D eigenvalue weighted by Crippen LogP contribution is -2.07. The van der Waals surface area contributed by atoms with Crippen LogP contribution in [-0.2, 0) is 0 Å². The van der Waals surface area contributed by atoms with E-state index in [2.05, 4.69) is 10.3 Å². The number of rotatable bonds is 3. The average Bonchev–Trinajstić information content (AvgIpc) is 2.77. The summed E-state index contributed by atoms with van der Waals surface area (Å²) in [5, 5.41) is 3.25. The third kappa shape index (κ3) is 2.16. The Labute approximate surface area is 94.5 Å². The van der Waals surface area contributed by atoms with Crippen LogP contribution in [0.15, 0.2) is 34.9 Å². The van der Waals surface area contributed by atoms with Gasteiger partial charge in [-0.25, -0.2) is 4.98 Å². The summed E-state index contributed by atoms with van der Waals surface area (Å²) in [5.74, 6) is 1.69. The topological polar surface area (TPSA) is 64.1 Å². The monoisotopic (exact) mass is 217 g/mol. The molecule has 0 fully saturated rings. The quantitative estimate of drug-likeness (QED) is 0.829. The average molecular weight is 217 g/mol. The summed E-state index contributed by atoms with van der Waals surface area (Å²) in [7, 11) is 0. The Hall–Kier alpha value is -1.97. The normalized spacial score (nSPS) is 12.4. The standard InChI is InChI=1S/C12H15N3O/c1-8-10(13)5-6-12(14-8)15-9(2)11-4-3-7-16-11/h3-7,9H,13H2,1-2H3,(H,14,15). The van der Waals surface area contributed by atoms with Crippen LogP contribution in [0, 0.1) is 6.92 Å². The molecule has 1 atom stereocenters. The van der Waals surface area contributed by atoms with Gasteiger partial charge in [0, 0.05) is 0 Å². The first-order valence-corrected chi connectivity index (χ1v) is 5.20. The molecule has 16 heavy (non-hydrogen) atoms. The Morgan fingerprint density at radius 3 is 2.81 bits per heavy atom. The summed E-state index contributed by atoms with van der Waals surface area (Å²) in [5.41, 5.74) is 7.24. The van der Waals surface area contributed by atoms with E-state index in [1.165, 1.54) is 0 Å². The lowest BCUT2D eigenvalue weighted by atomic mass is 10.2. The maximum absolute atomic E-state index is 5.71. The van der Waals surface area contributed by atoms with Crippen molar-refractivity contribution >= 4 is 11.5 Å². The zero-order valence-corrected chi connectivity index (χ0v) is 9.40. The number of hydrogen-bond donors (Lipinski definition) is 2. The molecule has 84 valence electrons. The van der Waals surface area contributed by atoms with Gasteiger partial charge in [0.05, 0.1) is 23.7 Å². The number of nitrogens with one attached hydrogen (secondary N) is 1. The second-order valence-corrected chi connectivity index (χ2v) is 3.75. The lowest BCUT2D eigenvalue weighted by molar-refractivity contribution is 0.490. The molecule has 2 heterocycles. The van der Waals surface area contributed by atoms with Crippen LogP contribution < -0.4 is 11.1 Å². The van der Waals surface area contributed by atoms with Crippen LogP contribution in [0.25, 0.3) is 0 Å². The van der Waals surface area contributed by atoms with E-state index in [0.29, 0.717) is 5.69 Å². The van der Waals surface area contributed by atoms with E-state index in [0.717, 1.165) is 17.3 Å². The van der Waals surface area contributed by atoms with Crippen LogP contribution in [-0.4, -0.2) is 4.98 Å². The maximum atomic E-state index is 5.71. The van der Waals surface area contributed by atoms with Crippen molar-refractivity contribution in [1.82, 2.24) is 4.98 Å². The molecule has 0 saturated carbocycles. The van der Waals surface area contributed by atoms with E-state index >= 15 is 0 Å². The number of nitrogen functional groups attached to an aromatic ring is 1. The van der Waals surface area contributed by atoms with E-state index in [1.807, 2.05) is 38.1 Å². The molecule has 0 aliphatic heterocycles. The minimum atomic E-state index is 0.0884. The molecule has 0 aromatic carbocycles. The van der Waals surface area contributed by atoms with Crippen LogP contribution >= 0.6 is 0 Å². The number of aryl methyl sites for hydroxylation is 1. The minimum absolute atomic E-state index is 0.0884. The summed E-state index contributed by atoms with van der Waals surface area (Å²) in [6.45, 7) is 3.91. The largest absolute Gasteiger partial charge is 0.467 e. The van der Waals surface area contributed by atoms with Gasteiger partial charge in [0.15, 0.2) is 0 Å². The van der Waals surface area contributed by atoms with E-state index in [9.17, 15) is 0 Å². The molecule has 1 unspecified atom stereocenters. The van der Waals surface area contributed by atoms with Gasteiger partial charge in [0.25, 0.3) is 0 Å². The number of hydrogen-bond acceptors (Lipinski definition) is 4. The van der Waals surface area contributed by atoms with Crippen LogP contribution in [0.5, 0.6) is 0 Å². The molecular formula is C12H15N3O. The molecule has 0 radical (unpaired) electrons. The first-order valence-electron chi connectivity index (χ1n) is 5.20. The van der Waals surface area contributed by atoms with E-state index in [-0.39, 0.29) is 6.04 Å². The van der Waals surface area contributed by atoms with Crippen LogP contribution in [0.1, 0.15) is 24.4 Å². The summed E-state index contributed by atoms with van der Waals surface area (Å²) in [4.78, 5) is 4.34. The first-order chi connectivity index (χ1) is 7.66. The van der Waals surface area contributed by atoms with Crippen molar-refractivity contribution in [3.8, 4) is 0 Å². The van der Waals surface area contributed by atoms with Crippen molar-refractivity contribution in [2.45, 2.75) is 19.9 Å². The van der Waals surface area contributed by atoms with Crippen molar-refractivity contribution in [3.05, 3.63) is 42.0 Å². The third-order valence-electron chi connectivity index (χ3n) is 2.46. The molecule has 3 N–H and O–H groups in total. The fourth-order valence-electron chi connectivity index (χ4n) is 1.48. The molecule has 0 aliphatic rings. The van der Waals surface area contributed by atoms with E-state index < -0.39 is 0 Å². The predicted molar refractivity (Wildman–Crippen MR) is 64.1 cm³/mol.